The van der Waals surface area contributed by atoms with E-state index in [0.717, 1.165) is 17.2 Å². The van der Waals surface area contributed by atoms with Gasteiger partial charge in [-0.2, -0.15) is 0 Å². The van der Waals surface area contributed by atoms with Crippen LogP contribution in [0.4, 0.5) is 5.69 Å². The highest BCUT2D eigenvalue weighted by Gasteiger charge is 2.16. The van der Waals surface area contributed by atoms with E-state index in [1.165, 1.54) is 11.8 Å². The van der Waals surface area contributed by atoms with E-state index >= 15 is 0 Å². The molecule has 0 fully saturated rings. The molecule has 4 rings (SSSR count). The summed E-state index contributed by atoms with van der Waals surface area (Å²) < 4.78 is 18.4. The van der Waals surface area contributed by atoms with Gasteiger partial charge in [0.1, 0.15) is 23.9 Å². The first-order valence-corrected chi connectivity index (χ1v) is 12.1. The van der Waals surface area contributed by atoms with Crippen LogP contribution in [0.1, 0.15) is 12.7 Å². The van der Waals surface area contributed by atoms with Crippen LogP contribution in [0.2, 0.25) is 0 Å². The smallest absolute Gasteiger partial charge is 0.234 e. The first kappa shape index (κ1) is 24.2. The van der Waals surface area contributed by atoms with E-state index in [-0.39, 0.29) is 18.3 Å². The van der Waals surface area contributed by atoms with Crippen LogP contribution in [-0.4, -0.2) is 40.1 Å². The molecule has 8 nitrogen and oxygen atoms in total. The molecule has 0 aliphatic carbocycles. The molecule has 0 aliphatic rings. The van der Waals surface area contributed by atoms with Gasteiger partial charge in [0.25, 0.3) is 0 Å². The van der Waals surface area contributed by atoms with E-state index < -0.39 is 0 Å². The number of methoxy groups -OCH3 is 1. The molecule has 0 unspecified atom stereocenters. The zero-order valence-corrected chi connectivity index (χ0v) is 20.3. The summed E-state index contributed by atoms with van der Waals surface area (Å²) in [4.78, 5) is 12.6. The number of nitrogens with zero attached hydrogens (tertiary/aromatic N) is 3. The van der Waals surface area contributed by atoms with Gasteiger partial charge in [-0.05, 0) is 67.6 Å². The van der Waals surface area contributed by atoms with E-state index in [4.69, 9.17) is 14.2 Å². The monoisotopic (exact) mass is 490 g/mol. The van der Waals surface area contributed by atoms with Gasteiger partial charge in [-0.25, -0.2) is 0 Å². The minimum absolute atomic E-state index is 0.141. The van der Waals surface area contributed by atoms with Crippen LogP contribution in [0, 0.1) is 0 Å². The number of anilines is 1. The van der Waals surface area contributed by atoms with Crippen molar-refractivity contribution in [2.24, 2.45) is 0 Å². The fourth-order valence-corrected chi connectivity index (χ4v) is 4.04. The van der Waals surface area contributed by atoms with Crippen molar-refractivity contribution in [3.05, 3.63) is 84.7 Å². The van der Waals surface area contributed by atoms with Crippen molar-refractivity contribution in [1.29, 1.82) is 0 Å². The molecule has 0 bridgehead atoms. The predicted molar refractivity (Wildman–Crippen MR) is 136 cm³/mol. The maximum atomic E-state index is 12.6. The molecule has 35 heavy (non-hydrogen) atoms. The topological polar surface area (TPSA) is 87.5 Å². The third kappa shape index (κ3) is 6.54. The highest BCUT2D eigenvalue weighted by atomic mass is 32.2. The van der Waals surface area contributed by atoms with Gasteiger partial charge in [-0.15, -0.1) is 10.2 Å². The number of ether oxygens (including phenoxy) is 3. The second-order valence-electron chi connectivity index (χ2n) is 7.33. The highest BCUT2D eigenvalue weighted by molar-refractivity contribution is 7.99. The Bertz CT molecular complexity index is 1230. The summed E-state index contributed by atoms with van der Waals surface area (Å²) in [5, 5.41) is 12.1. The van der Waals surface area contributed by atoms with Gasteiger partial charge in [0.15, 0.2) is 11.0 Å². The fraction of sp³-hybridized carbons (Fsp3) is 0.192. The summed E-state index contributed by atoms with van der Waals surface area (Å²) >= 11 is 1.31. The zero-order chi connectivity index (χ0) is 24.5. The lowest BCUT2D eigenvalue weighted by Gasteiger charge is -2.11. The Balaban J connectivity index is 1.43. The summed E-state index contributed by atoms with van der Waals surface area (Å²) in [5.74, 6) is 2.88. The summed E-state index contributed by atoms with van der Waals surface area (Å²) in [6.07, 6.45) is 0. The molecule has 180 valence electrons. The molecular formula is C26H26N4O4S. The Morgan fingerprint density at radius 1 is 0.886 bits per heavy atom. The quantitative estimate of drug-likeness (QED) is 0.297. The Morgan fingerprint density at radius 3 is 2.23 bits per heavy atom. The molecule has 0 saturated carbocycles. The molecule has 4 aromatic rings. The Kier molecular flexibility index (Phi) is 8.24. The molecule has 0 radical (unpaired) electrons. The highest BCUT2D eigenvalue weighted by Crippen LogP contribution is 2.24. The van der Waals surface area contributed by atoms with Gasteiger partial charge in [-0.3, -0.25) is 9.36 Å². The third-order valence-electron chi connectivity index (χ3n) is 4.92. The van der Waals surface area contributed by atoms with Gasteiger partial charge >= 0.3 is 0 Å². The SMILES string of the molecule is CCOc1ccc(NC(=O)CSc2nnc(COc3ccc(OC)cc3)n2-c2ccccc2)cc1. The van der Waals surface area contributed by atoms with Gasteiger partial charge in [0, 0.05) is 11.4 Å². The van der Waals surface area contributed by atoms with Crippen molar-refractivity contribution in [3.8, 4) is 22.9 Å². The van der Waals surface area contributed by atoms with Crippen LogP contribution in [0.25, 0.3) is 5.69 Å². The van der Waals surface area contributed by atoms with Crippen LogP contribution in [0.3, 0.4) is 0 Å². The standard InChI is InChI=1S/C26H26N4O4S/c1-3-33-22-11-9-19(10-12-22)27-25(31)18-35-26-29-28-24(30(26)20-7-5-4-6-8-20)17-34-23-15-13-21(32-2)14-16-23/h4-16H,3,17-18H2,1-2H3,(H,27,31). The number of benzene rings is 3. The van der Waals surface area contributed by atoms with Gasteiger partial charge < -0.3 is 19.5 Å². The molecule has 9 heteroatoms. The van der Waals surface area contributed by atoms with Gasteiger partial charge in [0.05, 0.1) is 19.5 Å². The van der Waals surface area contributed by atoms with Crippen LogP contribution >= 0.6 is 11.8 Å². The average Bonchev–Trinajstić information content (AvgIpc) is 3.31. The number of aromatic nitrogens is 3. The summed E-state index contributed by atoms with van der Waals surface area (Å²) in [6.45, 7) is 2.74. The summed E-state index contributed by atoms with van der Waals surface area (Å²) in [7, 11) is 1.62. The van der Waals surface area contributed by atoms with E-state index in [0.29, 0.717) is 29.0 Å². The van der Waals surface area contributed by atoms with Crippen molar-refractivity contribution < 1.29 is 19.0 Å². The lowest BCUT2D eigenvalue weighted by atomic mass is 10.3. The molecule has 1 heterocycles. The number of carbonyl (C=O) groups is 1. The third-order valence-corrected chi connectivity index (χ3v) is 5.85. The maximum absolute atomic E-state index is 12.6. The van der Waals surface area contributed by atoms with E-state index in [1.54, 1.807) is 7.11 Å². The van der Waals surface area contributed by atoms with E-state index in [1.807, 2.05) is 90.4 Å². The Morgan fingerprint density at radius 2 is 1.54 bits per heavy atom. The lowest BCUT2D eigenvalue weighted by Crippen LogP contribution is -2.14. The van der Waals surface area contributed by atoms with Crippen molar-refractivity contribution in [1.82, 2.24) is 14.8 Å². The van der Waals surface area contributed by atoms with Gasteiger partial charge in [0.2, 0.25) is 5.91 Å². The first-order chi connectivity index (χ1) is 17.2. The molecular weight excluding hydrogens is 464 g/mol. The molecule has 0 aliphatic heterocycles. The maximum Gasteiger partial charge on any atom is 0.234 e. The largest absolute Gasteiger partial charge is 0.497 e. The van der Waals surface area contributed by atoms with Crippen LogP contribution < -0.4 is 19.5 Å². The number of thioether (sulfide) groups is 1. The van der Waals surface area contributed by atoms with Crippen LogP contribution in [0.15, 0.2) is 84.0 Å². The summed E-state index contributed by atoms with van der Waals surface area (Å²) in [5.41, 5.74) is 1.59. The first-order valence-electron chi connectivity index (χ1n) is 11.1. The minimum atomic E-state index is -0.141. The molecule has 1 amide bonds. The Labute approximate surface area is 208 Å². The second kappa shape index (κ2) is 11.9. The second-order valence-corrected chi connectivity index (χ2v) is 8.27. The minimum Gasteiger partial charge on any atom is -0.497 e. The van der Waals surface area contributed by atoms with Gasteiger partial charge in [-0.1, -0.05) is 30.0 Å². The number of hydrogen-bond acceptors (Lipinski definition) is 7. The Hall–Kier alpha value is -3.98. The van der Waals surface area contributed by atoms with Crippen LogP contribution in [0.5, 0.6) is 17.2 Å². The predicted octanol–water partition coefficient (Wildman–Crippen LogP) is 4.98. The fourth-order valence-electron chi connectivity index (χ4n) is 3.27. The number of para-hydroxylation sites is 1. The zero-order valence-electron chi connectivity index (χ0n) is 19.5. The molecule has 0 saturated heterocycles. The van der Waals surface area contributed by atoms with Crippen LogP contribution in [-0.2, 0) is 11.4 Å². The molecule has 0 atom stereocenters. The van der Waals surface area contributed by atoms with E-state index in [2.05, 4.69) is 15.5 Å². The summed E-state index contributed by atoms with van der Waals surface area (Å²) in [6, 6.07) is 24.4. The normalized spacial score (nSPS) is 10.6. The van der Waals surface area contributed by atoms with E-state index in [9.17, 15) is 4.79 Å². The number of rotatable bonds is 11. The van der Waals surface area contributed by atoms with Crippen molar-refractivity contribution >= 4 is 23.4 Å². The molecule has 1 N–H and O–H groups in total. The van der Waals surface area contributed by atoms with Crippen molar-refractivity contribution in [2.75, 3.05) is 24.8 Å². The number of hydrogen-bond donors (Lipinski definition) is 1. The number of carbonyl (C=O) groups excluding carboxylic acids is 1. The lowest BCUT2D eigenvalue weighted by molar-refractivity contribution is -0.113. The average molecular weight is 491 g/mol. The number of nitrogens with one attached hydrogen (secondary N) is 1. The molecule has 1 aromatic heterocycles. The molecule has 3 aromatic carbocycles. The van der Waals surface area contributed by atoms with Crippen molar-refractivity contribution in [3.63, 3.8) is 0 Å². The molecule has 0 spiro atoms. The number of amides is 1. The van der Waals surface area contributed by atoms with Crippen molar-refractivity contribution in [2.45, 2.75) is 18.7 Å².